The summed E-state index contributed by atoms with van der Waals surface area (Å²) in [6.07, 6.45) is 4.38. The highest BCUT2D eigenvalue weighted by molar-refractivity contribution is 5.07. The number of hydrogen-bond acceptors (Lipinski definition) is 3. The zero-order valence-corrected chi connectivity index (χ0v) is 10.9. The topological polar surface area (TPSA) is 28.2 Å². The summed E-state index contributed by atoms with van der Waals surface area (Å²) in [6, 6.07) is 7.12. The molecular weight excluding hydrogens is 210 g/mol. The predicted octanol–water partition coefficient (Wildman–Crippen LogP) is 2.22. The van der Waals surface area contributed by atoms with E-state index in [9.17, 15) is 0 Å². The molecule has 0 radical (unpaired) electrons. The maximum absolute atomic E-state index is 4.40. The largest absolute Gasteiger partial charge is 0.306 e. The van der Waals surface area contributed by atoms with Gasteiger partial charge in [-0.2, -0.15) is 0 Å². The van der Waals surface area contributed by atoms with Crippen LogP contribution in [0.25, 0.3) is 0 Å². The zero-order valence-electron chi connectivity index (χ0n) is 10.9. The highest BCUT2D eigenvalue weighted by Gasteiger charge is 2.19. The molecule has 1 unspecified atom stereocenters. The molecule has 1 aromatic heterocycles. The van der Waals surface area contributed by atoms with Gasteiger partial charge in [-0.15, -0.1) is 0 Å². The van der Waals surface area contributed by atoms with Crippen molar-refractivity contribution < 1.29 is 0 Å². The van der Waals surface area contributed by atoms with Crippen molar-refractivity contribution in [2.75, 3.05) is 19.6 Å². The van der Waals surface area contributed by atoms with Crippen LogP contribution in [0.5, 0.6) is 0 Å². The molecule has 3 nitrogen and oxygen atoms in total. The van der Waals surface area contributed by atoms with E-state index in [0.717, 1.165) is 5.69 Å². The first-order valence-corrected chi connectivity index (χ1v) is 6.69. The molecule has 0 spiro atoms. The lowest BCUT2D eigenvalue weighted by molar-refractivity contribution is 0.200. The molecule has 1 fully saturated rings. The van der Waals surface area contributed by atoms with E-state index in [1.54, 1.807) is 0 Å². The molecule has 1 aliphatic heterocycles. The molecule has 1 aromatic rings. The number of aromatic nitrogens is 1. The van der Waals surface area contributed by atoms with Crippen molar-refractivity contribution in [3.63, 3.8) is 0 Å². The Bertz CT molecular complexity index is 317. The molecule has 3 heteroatoms. The highest BCUT2D eigenvalue weighted by Crippen LogP contribution is 2.15. The zero-order chi connectivity index (χ0) is 12.1. The van der Waals surface area contributed by atoms with Crippen molar-refractivity contribution in [1.82, 2.24) is 15.2 Å². The van der Waals surface area contributed by atoms with Crippen molar-refractivity contribution in [1.29, 1.82) is 0 Å². The van der Waals surface area contributed by atoms with E-state index in [2.05, 4.69) is 41.2 Å². The van der Waals surface area contributed by atoms with Gasteiger partial charge in [0.05, 0.1) is 5.69 Å². The molecule has 1 aliphatic rings. The molecule has 0 aromatic carbocycles. The number of rotatable bonds is 4. The Balaban J connectivity index is 1.82. The second kappa shape index (κ2) is 6.12. The summed E-state index contributed by atoms with van der Waals surface area (Å²) in [5.74, 6) is 0. The number of piperidine rings is 1. The fraction of sp³-hybridized carbons (Fsp3) is 0.643. The average Bonchev–Trinajstić information content (AvgIpc) is 2.40. The lowest BCUT2D eigenvalue weighted by atomic mass is 10.0. The van der Waals surface area contributed by atoms with Crippen LogP contribution in [-0.2, 0) is 0 Å². The van der Waals surface area contributed by atoms with Crippen molar-refractivity contribution in [2.45, 2.75) is 38.8 Å². The third-order valence-electron chi connectivity index (χ3n) is 3.65. The minimum atomic E-state index is 0.356. The van der Waals surface area contributed by atoms with Crippen molar-refractivity contribution >= 4 is 0 Å². The first-order valence-electron chi connectivity index (χ1n) is 6.69. The SMILES string of the molecule is CCN1CCC(NC(C)c2ccccn2)CC1. The Morgan fingerprint density at radius 3 is 2.76 bits per heavy atom. The van der Waals surface area contributed by atoms with Gasteiger partial charge in [0.2, 0.25) is 0 Å². The van der Waals surface area contributed by atoms with Gasteiger partial charge >= 0.3 is 0 Å². The van der Waals surface area contributed by atoms with Crippen LogP contribution >= 0.6 is 0 Å². The quantitative estimate of drug-likeness (QED) is 0.864. The summed E-state index contributed by atoms with van der Waals surface area (Å²) >= 11 is 0. The van der Waals surface area contributed by atoms with Gasteiger partial charge in [0.15, 0.2) is 0 Å². The van der Waals surface area contributed by atoms with Crippen LogP contribution in [0.4, 0.5) is 0 Å². The van der Waals surface area contributed by atoms with Gasteiger partial charge in [-0.1, -0.05) is 13.0 Å². The van der Waals surface area contributed by atoms with Crippen LogP contribution in [0.3, 0.4) is 0 Å². The van der Waals surface area contributed by atoms with E-state index in [1.807, 2.05) is 12.3 Å². The molecular formula is C14H23N3. The molecule has 1 atom stereocenters. The molecule has 2 heterocycles. The van der Waals surface area contributed by atoms with E-state index in [0.29, 0.717) is 12.1 Å². The van der Waals surface area contributed by atoms with Gasteiger partial charge in [-0.05, 0) is 51.5 Å². The first-order chi connectivity index (χ1) is 8.29. The second-order valence-electron chi connectivity index (χ2n) is 4.85. The van der Waals surface area contributed by atoms with E-state index in [1.165, 1.54) is 32.5 Å². The van der Waals surface area contributed by atoms with Gasteiger partial charge < -0.3 is 10.2 Å². The molecule has 94 valence electrons. The second-order valence-corrected chi connectivity index (χ2v) is 4.85. The molecule has 1 saturated heterocycles. The normalized spacial score (nSPS) is 20.4. The van der Waals surface area contributed by atoms with Crippen LogP contribution in [0.1, 0.15) is 38.4 Å². The summed E-state index contributed by atoms with van der Waals surface area (Å²) in [6.45, 7) is 8.08. The summed E-state index contributed by atoms with van der Waals surface area (Å²) in [7, 11) is 0. The predicted molar refractivity (Wildman–Crippen MR) is 70.9 cm³/mol. The Morgan fingerprint density at radius 2 is 2.18 bits per heavy atom. The van der Waals surface area contributed by atoms with E-state index in [4.69, 9.17) is 0 Å². The monoisotopic (exact) mass is 233 g/mol. The number of pyridine rings is 1. The Hall–Kier alpha value is -0.930. The van der Waals surface area contributed by atoms with Crippen LogP contribution < -0.4 is 5.32 Å². The lowest BCUT2D eigenvalue weighted by Gasteiger charge is -2.33. The molecule has 0 saturated carbocycles. The van der Waals surface area contributed by atoms with Gasteiger partial charge in [-0.25, -0.2) is 0 Å². The molecule has 2 rings (SSSR count). The van der Waals surface area contributed by atoms with Crippen LogP contribution in [-0.4, -0.2) is 35.6 Å². The Morgan fingerprint density at radius 1 is 1.41 bits per heavy atom. The van der Waals surface area contributed by atoms with E-state index in [-0.39, 0.29) is 0 Å². The highest BCUT2D eigenvalue weighted by atomic mass is 15.1. The third kappa shape index (κ3) is 3.51. The molecule has 0 bridgehead atoms. The maximum Gasteiger partial charge on any atom is 0.0570 e. The maximum atomic E-state index is 4.40. The number of nitrogens with one attached hydrogen (secondary N) is 1. The fourth-order valence-corrected chi connectivity index (χ4v) is 2.49. The molecule has 0 aliphatic carbocycles. The van der Waals surface area contributed by atoms with Crippen LogP contribution in [0.2, 0.25) is 0 Å². The number of hydrogen-bond donors (Lipinski definition) is 1. The minimum absolute atomic E-state index is 0.356. The smallest absolute Gasteiger partial charge is 0.0570 e. The third-order valence-corrected chi connectivity index (χ3v) is 3.65. The van der Waals surface area contributed by atoms with Gasteiger partial charge in [-0.3, -0.25) is 4.98 Å². The Kier molecular flexibility index (Phi) is 4.51. The van der Waals surface area contributed by atoms with E-state index >= 15 is 0 Å². The van der Waals surface area contributed by atoms with Crippen LogP contribution in [0.15, 0.2) is 24.4 Å². The summed E-state index contributed by atoms with van der Waals surface area (Å²) in [5.41, 5.74) is 1.14. The van der Waals surface area contributed by atoms with Gasteiger partial charge in [0.25, 0.3) is 0 Å². The van der Waals surface area contributed by atoms with Gasteiger partial charge in [0, 0.05) is 18.3 Å². The van der Waals surface area contributed by atoms with Gasteiger partial charge in [0.1, 0.15) is 0 Å². The Labute approximate surface area is 104 Å². The fourth-order valence-electron chi connectivity index (χ4n) is 2.49. The first kappa shape index (κ1) is 12.5. The number of likely N-dealkylation sites (tertiary alicyclic amines) is 1. The molecule has 1 N–H and O–H groups in total. The standard InChI is InChI=1S/C14H23N3/c1-3-17-10-7-13(8-11-17)16-12(2)14-6-4-5-9-15-14/h4-6,9,12-13,16H,3,7-8,10-11H2,1-2H3. The lowest BCUT2D eigenvalue weighted by Crippen LogP contribution is -2.43. The summed E-state index contributed by atoms with van der Waals surface area (Å²) < 4.78 is 0. The van der Waals surface area contributed by atoms with Crippen molar-refractivity contribution in [3.05, 3.63) is 30.1 Å². The van der Waals surface area contributed by atoms with E-state index < -0.39 is 0 Å². The summed E-state index contributed by atoms with van der Waals surface area (Å²) in [4.78, 5) is 6.92. The van der Waals surface area contributed by atoms with Crippen LogP contribution in [0, 0.1) is 0 Å². The van der Waals surface area contributed by atoms with Crippen molar-refractivity contribution in [2.24, 2.45) is 0 Å². The minimum Gasteiger partial charge on any atom is -0.306 e. The average molecular weight is 233 g/mol. The number of nitrogens with zero attached hydrogens (tertiary/aromatic N) is 2. The summed E-state index contributed by atoms with van der Waals surface area (Å²) in [5, 5.41) is 3.69. The van der Waals surface area contributed by atoms with Crippen molar-refractivity contribution in [3.8, 4) is 0 Å². The molecule has 0 amide bonds. The molecule has 17 heavy (non-hydrogen) atoms.